The van der Waals surface area contributed by atoms with Crippen LogP contribution in [0, 0.1) is 19.3 Å². The molecule has 0 atom stereocenters. The summed E-state index contributed by atoms with van der Waals surface area (Å²) in [5, 5.41) is 12.2. The van der Waals surface area contributed by atoms with Crippen LogP contribution in [0.25, 0.3) is 0 Å². The van der Waals surface area contributed by atoms with E-state index in [9.17, 15) is 4.79 Å². The van der Waals surface area contributed by atoms with Crippen molar-refractivity contribution in [2.24, 2.45) is 5.41 Å². The van der Waals surface area contributed by atoms with E-state index in [4.69, 9.17) is 5.11 Å². The minimum absolute atomic E-state index is 0.0158. The first-order chi connectivity index (χ1) is 9.53. The summed E-state index contributed by atoms with van der Waals surface area (Å²) in [4.78, 5) is 12.4. The van der Waals surface area contributed by atoms with Crippen LogP contribution in [-0.2, 0) is 6.54 Å². The van der Waals surface area contributed by atoms with Gasteiger partial charge in [-0.2, -0.15) is 0 Å². The van der Waals surface area contributed by atoms with Crippen molar-refractivity contribution in [1.29, 1.82) is 0 Å². The lowest BCUT2D eigenvalue weighted by atomic mass is 9.67. The summed E-state index contributed by atoms with van der Waals surface area (Å²) < 4.78 is 2.15. The summed E-state index contributed by atoms with van der Waals surface area (Å²) in [5.41, 5.74) is 3.08. The molecule has 4 heteroatoms. The van der Waals surface area contributed by atoms with Crippen molar-refractivity contribution < 1.29 is 9.90 Å². The number of carbonyl (C=O) groups is 1. The van der Waals surface area contributed by atoms with Crippen molar-refractivity contribution in [3.63, 3.8) is 0 Å². The monoisotopic (exact) mass is 278 g/mol. The van der Waals surface area contributed by atoms with Crippen LogP contribution in [0.15, 0.2) is 6.07 Å². The first kappa shape index (κ1) is 15.1. The molecule has 0 aromatic carbocycles. The Morgan fingerprint density at radius 1 is 1.45 bits per heavy atom. The third-order valence-corrected chi connectivity index (χ3v) is 4.81. The molecule has 2 rings (SSSR count). The molecule has 1 aliphatic rings. The number of aryl methyl sites for hydroxylation is 1. The minimum atomic E-state index is 0.0158. The molecule has 2 N–H and O–H groups in total. The smallest absolute Gasteiger partial charge is 0.253 e. The quantitative estimate of drug-likeness (QED) is 0.839. The SMILES string of the molecule is CCn1c(C)cc(C(=O)NCC2(CCO)CCC2)c1C. The fourth-order valence-corrected chi connectivity index (χ4v) is 3.31. The van der Waals surface area contributed by atoms with Gasteiger partial charge in [0.15, 0.2) is 0 Å². The summed E-state index contributed by atoms with van der Waals surface area (Å²) in [6.45, 7) is 7.90. The maximum absolute atomic E-state index is 12.4. The van der Waals surface area contributed by atoms with Gasteiger partial charge in [-0.15, -0.1) is 0 Å². The Balaban J connectivity index is 2.02. The van der Waals surface area contributed by atoms with Crippen molar-refractivity contribution in [2.75, 3.05) is 13.2 Å². The summed E-state index contributed by atoms with van der Waals surface area (Å²) in [6, 6.07) is 1.97. The van der Waals surface area contributed by atoms with Crippen molar-refractivity contribution >= 4 is 5.91 Å². The maximum Gasteiger partial charge on any atom is 0.253 e. The predicted octanol–water partition coefficient (Wildman–Crippen LogP) is 2.41. The van der Waals surface area contributed by atoms with Crippen molar-refractivity contribution in [1.82, 2.24) is 9.88 Å². The molecule has 1 aromatic heterocycles. The lowest BCUT2D eigenvalue weighted by Gasteiger charge is -2.41. The number of aliphatic hydroxyl groups excluding tert-OH is 1. The maximum atomic E-state index is 12.4. The normalized spacial score (nSPS) is 16.8. The van der Waals surface area contributed by atoms with Crippen LogP contribution < -0.4 is 5.32 Å². The van der Waals surface area contributed by atoms with Gasteiger partial charge in [-0.3, -0.25) is 4.79 Å². The van der Waals surface area contributed by atoms with Crippen LogP contribution in [0.1, 0.15) is 54.4 Å². The molecule has 1 heterocycles. The Kier molecular flexibility index (Phi) is 4.53. The second kappa shape index (κ2) is 6.00. The van der Waals surface area contributed by atoms with E-state index in [0.29, 0.717) is 6.54 Å². The molecule has 1 fully saturated rings. The highest BCUT2D eigenvalue weighted by molar-refractivity contribution is 5.95. The molecule has 1 aromatic rings. The van der Waals surface area contributed by atoms with E-state index in [1.807, 2.05) is 19.9 Å². The van der Waals surface area contributed by atoms with E-state index in [2.05, 4.69) is 16.8 Å². The van der Waals surface area contributed by atoms with E-state index in [-0.39, 0.29) is 17.9 Å². The predicted molar refractivity (Wildman–Crippen MR) is 79.9 cm³/mol. The van der Waals surface area contributed by atoms with Crippen LogP contribution in [-0.4, -0.2) is 28.7 Å². The van der Waals surface area contributed by atoms with E-state index in [0.717, 1.165) is 42.8 Å². The molecule has 0 unspecified atom stereocenters. The number of nitrogens with one attached hydrogen (secondary N) is 1. The van der Waals surface area contributed by atoms with Crippen LogP contribution in [0.3, 0.4) is 0 Å². The highest BCUT2D eigenvalue weighted by Gasteiger charge is 2.36. The van der Waals surface area contributed by atoms with Crippen LogP contribution in [0.5, 0.6) is 0 Å². The largest absolute Gasteiger partial charge is 0.396 e. The van der Waals surface area contributed by atoms with Crippen molar-refractivity contribution in [2.45, 2.75) is 53.0 Å². The number of aromatic nitrogens is 1. The summed E-state index contributed by atoms with van der Waals surface area (Å²) in [7, 11) is 0. The fourth-order valence-electron chi connectivity index (χ4n) is 3.31. The average Bonchev–Trinajstić information content (AvgIpc) is 2.67. The van der Waals surface area contributed by atoms with Crippen molar-refractivity contribution in [3.05, 3.63) is 23.0 Å². The second-order valence-corrected chi connectivity index (χ2v) is 6.04. The van der Waals surface area contributed by atoms with Gasteiger partial charge in [-0.05, 0) is 51.5 Å². The molecular formula is C16H26N2O2. The molecule has 0 spiro atoms. The number of hydrogen-bond acceptors (Lipinski definition) is 2. The van der Waals surface area contributed by atoms with Gasteiger partial charge in [0.05, 0.1) is 5.56 Å². The van der Waals surface area contributed by atoms with E-state index in [1.54, 1.807) is 0 Å². The fraction of sp³-hybridized carbons (Fsp3) is 0.688. The summed E-state index contributed by atoms with van der Waals surface area (Å²) in [6.07, 6.45) is 4.23. The number of amides is 1. The molecule has 1 saturated carbocycles. The lowest BCUT2D eigenvalue weighted by molar-refractivity contribution is 0.0732. The van der Waals surface area contributed by atoms with Crippen molar-refractivity contribution in [3.8, 4) is 0 Å². The lowest BCUT2D eigenvalue weighted by Crippen LogP contribution is -2.42. The number of rotatable bonds is 6. The Bertz CT molecular complexity index is 487. The van der Waals surface area contributed by atoms with Gasteiger partial charge >= 0.3 is 0 Å². The third kappa shape index (κ3) is 2.75. The summed E-state index contributed by atoms with van der Waals surface area (Å²) in [5.74, 6) is 0.0158. The van der Waals surface area contributed by atoms with Crippen LogP contribution in [0.4, 0.5) is 0 Å². The molecule has 0 bridgehead atoms. The zero-order valence-corrected chi connectivity index (χ0v) is 12.8. The molecule has 4 nitrogen and oxygen atoms in total. The Morgan fingerprint density at radius 3 is 2.60 bits per heavy atom. The number of aliphatic hydroxyl groups is 1. The highest BCUT2D eigenvalue weighted by Crippen LogP contribution is 2.43. The van der Waals surface area contributed by atoms with Gasteiger partial charge in [-0.25, -0.2) is 0 Å². The van der Waals surface area contributed by atoms with E-state index < -0.39 is 0 Å². The zero-order chi connectivity index (χ0) is 14.8. The molecule has 112 valence electrons. The van der Waals surface area contributed by atoms with Gasteiger partial charge < -0.3 is 15.0 Å². The third-order valence-electron chi connectivity index (χ3n) is 4.81. The van der Waals surface area contributed by atoms with Gasteiger partial charge in [0, 0.05) is 31.1 Å². The number of carbonyl (C=O) groups excluding carboxylic acids is 1. The zero-order valence-electron chi connectivity index (χ0n) is 12.8. The number of nitrogens with zero attached hydrogens (tertiary/aromatic N) is 1. The molecule has 0 saturated heterocycles. The first-order valence-electron chi connectivity index (χ1n) is 7.59. The van der Waals surface area contributed by atoms with Crippen LogP contribution >= 0.6 is 0 Å². The Hall–Kier alpha value is -1.29. The second-order valence-electron chi connectivity index (χ2n) is 6.04. The first-order valence-corrected chi connectivity index (χ1v) is 7.59. The molecule has 20 heavy (non-hydrogen) atoms. The Morgan fingerprint density at radius 2 is 2.15 bits per heavy atom. The van der Waals surface area contributed by atoms with E-state index in [1.165, 1.54) is 6.42 Å². The Labute approximate surface area is 121 Å². The molecule has 1 aliphatic carbocycles. The van der Waals surface area contributed by atoms with Gasteiger partial charge in [0.1, 0.15) is 0 Å². The number of hydrogen-bond donors (Lipinski definition) is 2. The summed E-state index contributed by atoms with van der Waals surface area (Å²) >= 11 is 0. The van der Waals surface area contributed by atoms with Gasteiger partial charge in [0.2, 0.25) is 0 Å². The highest BCUT2D eigenvalue weighted by atomic mass is 16.3. The average molecular weight is 278 g/mol. The van der Waals surface area contributed by atoms with Crippen LogP contribution in [0.2, 0.25) is 0 Å². The molecule has 1 amide bonds. The molecule has 0 aliphatic heterocycles. The van der Waals surface area contributed by atoms with Gasteiger partial charge in [0.25, 0.3) is 5.91 Å². The van der Waals surface area contributed by atoms with Gasteiger partial charge in [-0.1, -0.05) is 6.42 Å². The molecular weight excluding hydrogens is 252 g/mol. The standard InChI is InChI=1S/C16H26N2O2/c1-4-18-12(2)10-14(13(18)3)15(20)17-11-16(8-9-19)6-5-7-16/h10,19H,4-9,11H2,1-3H3,(H,17,20). The minimum Gasteiger partial charge on any atom is -0.396 e. The topological polar surface area (TPSA) is 54.3 Å². The van der Waals surface area contributed by atoms with E-state index >= 15 is 0 Å². The molecule has 0 radical (unpaired) electrons.